The topological polar surface area (TPSA) is 92.8 Å². The van der Waals surface area contributed by atoms with E-state index in [1.807, 2.05) is 19.1 Å². The lowest BCUT2D eigenvalue weighted by atomic mass is 9.85. The Morgan fingerprint density at radius 3 is 2.45 bits per heavy atom. The van der Waals surface area contributed by atoms with E-state index in [2.05, 4.69) is 5.32 Å². The van der Waals surface area contributed by atoms with Gasteiger partial charge in [-0.3, -0.25) is 24.1 Å². The minimum atomic E-state index is -1.03. The molecule has 1 aliphatic carbocycles. The molecule has 154 valence electrons. The molecule has 1 heterocycles. The number of allylic oxidation sites excluding steroid dienone is 2. The summed E-state index contributed by atoms with van der Waals surface area (Å²) in [5, 5.41) is 3.15. The monoisotopic (exact) mass is 418 g/mol. The fourth-order valence-electron chi connectivity index (χ4n) is 3.57. The van der Waals surface area contributed by atoms with Crippen molar-refractivity contribution >= 4 is 41.0 Å². The molecular formula is C21H23ClN2O5. The minimum absolute atomic E-state index is 0.0365. The normalized spacial score (nSPS) is 21.7. The van der Waals surface area contributed by atoms with E-state index in [1.54, 1.807) is 18.2 Å². The van der Waals surface area contributed by atoms with Crippen LogP contribution in [0.1, 0.15) is 31.7 Å². The van der Waals surface area contributed by atoms with Crippen LogP contribution in [0.25, 0.3) is 0 Å². The van der Waals surface area contributed by atoms with E-state index >= 15 is 0 Å². The number of nitrogens with one attached hydrogen (secondary N) is 1. The van der Waals surface area contributed by atoms with E-state index in [9.17, 15) is 19.2 Å². The van der Waals surface area contributed by atoms with Crippen LogP contribution in [0.2, 0.25) is 5.02 Å². The quantitative estimate of drug-likeness (QED) is 0.435. The van der Waals surface area contributed by atoms with Crippen LogP contribution in [-0.4, -0.2) is 41.2 Å². The van der Waals surface area contributed by atoms with E-state index < -0.39 is 18.0 Å². The van der Waals surface area contributed by atoms with E-state index in [0.29, 0.717) is 23.6 Å². The van der Waals surface area contributed by atoms with Crippen LogP contribution >= 0.6 is 11.6 Å². The van der Waals surface area contributed by atoms with E-state index in [-0.39, 0.29) is 36.6 Å². The van der Waals surface area contributed by atoms with Crippen molar-refractivity contribution < 1.29 is 23.9 Å². The molecule has 2 aliphatic rings. The second-order valence-corrected chi connectivity index (χ2v) is 7.75. The Morgan fingerprint density at radius 1 is 1.21 bits per heavy atom. The van der Waals surface area contributed by atoms with Crippen molar-refractivity contribution in [2.75, 3.05) is 11.9 Å². The molecule has 1 fully saturated rings. The Kier molecular flexibility index (Phi) is 6.37. The number of esters is 1. The fourth-order valence-corrected chi connectivity index (χ4v) is 3.74. The molecule has 3 amide bonds. The van der Waals surface area contributed by atoms with Crippen LogP contribution in [0.4, 0.5) is 5.69 Å². The third kappa shape index (κ3) is 4.67. The van der Waals surface area contributed by atoms with Crippen LogP contribution in [0, 0.1) is 18.8 Å². The number of anilines is 1. The summed E-state index contributed by atoms with van der Waals surface area (Å²) in [6.07, 6.45) is 3.74. The molecule has 3 atom stereocenters. The smallest absolute Gasteiger partial charge is 0.308 e. The highest BCUT2D eigenvalue weighted by molar-refractivity contribution is 6.31. The summed E-state index contributed by atoms with van der Waals surface area (Å²) < 4.78 is 5.16. The number of aryl methyl sites for hydroxylation is 1. The number of imide groups is 1. The van der Waals surface area contributed by atoms with Gasteiger partial charge < -0.3 is 10.1 Å². The lowest BCUT2D eigenvalue weighted by Crippen LogP contribution is -2.35. The summed E-state index contributed by atoms with van der Waals surface area (Å²) in [5.74, 6) is -2.26. The standard InChI is InChI=1S/C21H23ClN2O5/c1-12-7-8-14(22)11-17(12)23-19(26)13(2)29-18(25)9-10-24-20(27)15-5-3-4-6-16(15)21(24)28/h3-4,7-8,11,13,15-16H,5-6,9-10H2,1-2H3,(H,23,26)/t13-,15-,16+/m0/s1. The van der Waals surface area contributed by atoms with E-state index in [1.165, 1.54) is 6.92 Å². The summed E-state index contributed by atoms with van der Waals surface area (Å²) in [7, 11) is 0. The zero-order valence-electron chi connectivity index (χ0n) is 16.3. The van der Waals surface area contributed by atoms with Gasteiger partial charge in [0, 0.05) is 17.3 Å². The third-order valence-corrected chi connectivity index (χ3v) is 5.51. The number of hydrogen-bond acceptors (Lipinski definition) is 5. The van der Waals surface area contributed by atoms with Crippen molar-refractivity contribution in [3.05, 3.63) is 40.9 Å². The summed E-state index contributed by atoms with van der Waals surface area (Å²) in [6.45, 7) is 3.24. The number of halogens is 1. The van der Waals surface area contributed by atoms with Crippen molar-refractivity contribution in [1.82, 2.24) is 4.90 Å². The summed E-state index contributed by atoms with van der Waals surface area (Å²) in [6, 6.07) is 5.09. The number of ether oxygens (including phenoxy) is 1. The van der Waals surface area contributed by atoms with Gasteiger partial charge in [0.15, 0.2) is 6.10 Å². The summed E-state index contributed by atoms with van der Waals surface area (Å²) in [4.78, 5) is 50.4. The zero-order valence-corrected chi connectivity index (χ0v) is 17.1. The zero-order chi connectivity index (χ0) is 21.1. The SMILES string of the molecule is Cc1ccc(Cl)cc1NC(=O)[C@H](C)OC(=O)CCN1C(=O)[C@H]2CC=CC[C@H]2C1=O. The number of carbonyl (C=O) groups excluding carboxylic acids is 4. The summed E-state index contributed by atoms with van der Waals surface area (Å²) in [5.41, 5.74) is 1.36. The predicted octanol–water partition coefficient (Wildman–Crippen LogP) is 2.86. The highest BCUT2D eigenvalue weighted by Crippen LogP contribution is 2.35. The molecule has 1 aliphatic heterocycles. The molecule has 0 saturated carbocycles. The first kappa shape index (κ1) is 21.0. The Balaban J connectivity index is 1.50. The number of hydrogen-bond donors (Lipinski definition) is 1. The number of amides is 3. The maximum atomic E-state index is 12.4. The molecule has 0 unspecified atom stereocenters. The highest BCUT2D eigenvalue weighted by Gasteiger charge is 2.47. The van der Waals surface area contributed by atoms with Crippen molar-refractivity contribution in [3.8, 4) is 0 Å². The van der Waals surface area contributed by atoms with Crippen LogP contribution in [0.5, 0.6) is 0 Å². The maximum Gasteiger partial charge on any atom is 0.308 e. The largest absolute Gasteiger partial charge is 0.452 e. The van der Waals surface area contributed by atoms with E-state index in [0.717, 1.165) is 10.5 Å². The Hall–Kier alpha value is -2.67. The van der Waals surface area contributed by atoms with Gasteiger partial charge in [-0.1, -0.05) is 29.8 Å². The highest BCUT2D eigenvalue weighted by atomic mass is 35.5. The number of carbonyl (C=O) groups is 4. The van der Waals surface area contributed by atoms with Gasteiger partial charge in [-0.15, -0.1) is 0 Å². The lowest BCUT2D eigenvalue weighted by molar-refractivity contribution is -0.154. The maximum absolute atomic E-state index is 12.4. The number of benzene rings is 1. The second-order valence-electron chi connectivity index (χ2n) is 7.31. The molecule has 0 bridgehead atoms. The first-order valence-electron chi connectivity index (χ1n) is 9.54. The van der Waals surface area contributed by atoms with Crippen LogP contribution in [0.15, 0.2) is 30.4 Å². The van der Waals surface area contributed by atoms with Crippen molar-refractivity contribution in [2.45, 2.75) is 39.2 Å². The van der Waals surface area contributed by atoms with Crippen molar-refractivity contribution in [3.63, 3.8) is 0 Å². The first-order chi connectivity index (χ1) is 13.8. The third-order valence-electron chi connectivity index (χ3n) is 5.27. The van der Waals surface area contributed by atoms with Gasteiger partial charge in [-0.2, -0.15) is 0 Å². The average molecular weight is 419 g/mol. The second kappa shape index (κ2) is 8.78. The van der Waals surface area contributed by atoms with Crippen molar-refractivity contribution in [1.29, 1.82) is 0 Å². The fraction of sp³-hybridized carbons (Fsp3) is 0.429. The minimum Gasteiger partial charge on any atom is -0.452 e. The van der Waals surface area contributed by atoms with Crippen LogP contribution < -0.4 is 5.32 Å². The van der Waals surface area contributed by atoms with Crippen LogP contribution in [-0.2, 0) is 23.9 Å². The molecule has 1 N–H and O–H groups in total. The Bertz CT molecular complexity index is 856. The molecule has 1 aromatic carbocycles. The van der Waals surface area contributed by atoms with Gasteiger partial charge in [0.2, 0.25) is 11.8 Å². The molecule has 29 heavy (non-hydrogen) atoms. The van der Waals surface area contributed by atoms with Gasteiger partial charge >= 0.3 is 5.97 Å². The molecule has 1 saturated heterocycles. The summed E-state index contributed by atoms with van der Waals surface area (Å²) >= 11 is 5.94. The number of nitrogens with zero attached hydrogens (tertiary/aromatic N) is 1. The first-order valence-corrected chi connectivity index (χ1v) is 9.92. The molecule has 3 rings (SSSR count). The molecule has 1 aromatic rings. The number of rotatable bonds is 6. The average Bonchev–Trinajstić information content (AvgIpc) is 2.93. The predicted molar refractivity (Wildman–Crippen MR) is 107 cm³/mol. The Morgan fingerprint density at radius 2 is 1.83 bits per heavy atom. The van der Waals surface area contributed by atoms with Gasteiger partial charge in [-0.25, -0.2) is 0 Å². The van der Waals surface area contributed by atoms with E-state index in [4.69, 9.17) is 16.3 Å². The molecule has 0 aromatic heterocycles. The Labute approximate surface area is 174 Å². The van der Waals surface area contributed by atoms with Crippen molar-refractivity contribution in [2.24, 2.45) is 11.8 Å². The number of fused-ring (bicyclic) bond motifs is 1. The molecule has 8 heteroatoms. The van der Waals surface area contributed by atoms with Gasteiger partial charge in [0.1, 0.15) is 0 Å². The number of likely N-dealkylation sites (tertiary alicyclic amines) is 1. The van der Waals surface area contributed by atoms with Gasteiger partial charge in [0.05, 0.1) is 18.3 Å². The van der Waals surface area contributed by atoms with Crippen LogP contribution in [0.3, 0.4) is 0 Å². The lowest BCUT2D eigenvalue weighted by Gasteiger charge is -2.17. The molecule has 7 nitrogen and oxygen atoms in total. The molecular weight excluding hydrogens is 396 g/mol. The molecule has 0 radical (unpaired) electrons. The molecule has 0 spiro atoms. The van der Waals surface area contributed by atoms with Gasteiger partial charge in [-0.05, 0) is 44.4 Å². The van der Waals surface area contributed by atoms with Gasteiger partial charge in [0.25, 0.3) is 5.91 Å².